The number of H-pyrrole nitrogens is 1. The van der Waals surface area contributed by atoms with Gasteiger partial charge in [-0.3, -0.25) is 9.05 Å². The van der Waals surface area contributed by atoms with Crippen LogP contribution in [0.1, 0.15) is 82.4 Å². The van der Waals surface area contributed by atoms with Crippen LogP contribution in [0, 0.1) is 0 Å². The Bertz CT molecular complexity index is 1350. The van der Waals surface area contributed by atoms with E-state index in [1.54, 1.807) is 6.07 Å². The summed E-state index contributed by atoms with van der Waals surface area (Å²) in [6, 6.07) is 9.08. The molecule has 0 unspecified atom stereocenters. The lowest BCUT2D eigenvalue weighted by Gasteiger charge is -2.22. The van der Waals surface area contributed by atoms with E-state index >= 15 is 0 Å². The maximum Gasteiger partial charge on any atom is 0.530 e. The second-order valence-corrected chi connectivity index (χ2v) is 11.6. The van der Waals surface area contributed by atoms with Gasteiger partial charge in [0.25, 0.3) is 0 Å². The van der Waals surface area contributed by atoms with Crippen LogP contribution in [0.5, 0.6) is 11.5 Å². The van der Waals surface area contributed by atoms with Crippen LogP contribution in [0.4, 0.5) is 0 Å². The Labute approximate surface area is 223 Å². The van der Waals surface area contributed by atoms with Crippen molar-refractivity contribution in [2.24, 2.45) is 0 Å². The van der Waals surface area contributed by atoms with E-state index in [0.29, 0.717) is 29.7 Å². The molecule has 0 amide bonds. The smallest absolute Gasteiger partial charge is 0.507 e. The SMILES string of the molecule is CCCCOP(=O)(OCCCC)Oc1cc(O)c(-c2n[nH]c(=O)n2-c2ccc3c(c2)CCC3)cc1C(C)C. The van der Waals surface area contributed by atoms with Crippen molar-refractivity contribution in [2.75, 3.05) is 13.2 Å². The van der Waals surface area contributed by atoms with Gasteiger partial charge >= 0.3 is 13.5 Å². The zero-order valence-electron chi connectivity index (χ0n) is 22.7. The third kappa shape index (κ3) is 6.22. The molecule has 1 aromatic heterocycles. The molecule has 10 heteroatoms. The number of nitrogens with zero attached hydrogens (tertiary/aromatic N) is 2. The third-order valence-electron chi connectivity index (χ3n) is 6.71. The topological polar surface area (TPSA) is 116 Å². The average molecular weight is 544 g/mol. The van der Waals surface area contributed by atoms with Crippen LogP contribution in [0.25, 0.3) is 17.1 Å². The molecule has 206 valence electrons. The number of phenolic OH excluding ortho intramolecular Hbond substituents is 1. The van der Waals surface area contributed by atoms with Crippen molar-refractivity contribution in [1.82, 2.24) is 14.8 Å². The lowest BCUT2D eigenvalue weighted by Crippen LogP contribution is -2.16. The van der Waals surface area contributed by atoms with Gasteiger partial charge in [0.1, 0.15) is 11.5 Å². The van der Waals surface area contributed by atoms with Gasteiger partial charge in [-0.2, -0.15) is 5.10 Å². The number of hydrogen-bond acceptors (Lipinski definition) is 7. The lowest BCUT2D eigenvalue weighted by molar-refractivity contribution is 0.151. The summed E-state index contributed by atoms with van der Waals surface area (Å²) in [5, 5.41) is 17.9. The molecule has 0 aliphatic heterocycles. The van der Waals surface area contributed by atoms with Gasteiger partial charge in [-0.25, -0.2) is 19.0 Å². The molecule has 3 aromatic rings. The molecule has 0 radical (unpaired) electrons. The number of phosphoric ester groups is 1. The summed E-state index contributed by atoms with van der Waals surface area (Å²) in [7, 11) is -3.92. The first-order valence-corrected chi connectivity index (χ1v) is 15.0. The molecule has 1 heterocycles. The van der Waals surface area contributed by atoms with Gasteiger partial charge < -0.3 is 9.63 Å². The molecule has 0 saturated heterocycles. The van der Waals surface area contributed by atoms with E-state index in [1.165, 1.54) is 21.8 Å². The Kier molecular flexibility index (Phi) is 9.13. The molecule has 4 rings (SSSR count). The van der Waals surface area contributed by atoms with Gasteiger partial charge in [-0.05, 0) is 72.9 Å². The molecular formula is C28H38N3O6P. The Hall–Kier alpha value is -2.87. The van der Waals surface area contributed by atoms with Gasteiger partial charge in [-0.15, -0.1) is 0 Å². The highest BCUT2D eigenvalue weighted by Gasteiger charge is 2.31. The molecule has 1 aliphatic rings. The summed E-state index contributed by atoms with van der Waals surface area (Å²) in [6.45, 7) is 8.42. The van der Waals surface area contributed by atoms with Crippen molar-refractivity contribution < 1.29 is 23.2 Å². The quantitative estimate of drug-likeness (QED) is 0.183. The van der Waals surface area contributed by atoms with Crippen LogP contribution in [0.3, 0.4) is 0 Å². The number of fused-ring (bicyclic) bond motifs is 1. The van der Waals surface area contributed by atoms with E-state index in [-0.39, 0.29) is 36.5 Å². The van der Waals surface area contributed by atoms with Crippen LogP contribution >= 0.6 is 7.82 Å². The number of benzene rings is 2. The van der Waals surface area contributed by atoms with Crippen LogP contribution in [0.2, 0.25) is 0 Å². The lowest BCUT2D eigenvalue weighted by atomic mass is 9.98. The number of hydrogen-bond donors (Lipinski definition) is 2. The van der Waals surface area contributed by atoms with Gasteiger partial charge in [0.15, 0.2) is 5.82 Å². The van der Waals surface area contributed by atoms with Crippen molar-refractivity contribution in [1.29, 1.82) is 0 Å². The first-order chi connectivity index (χ1) is 18.3. The highest BCUT2D eigenvalue weighted by molar-refractivity contribution is 7.48. The number of aromatic hydroxyl groups is 1. The number of aromatic amines is 1. The van der Waals surface area contributed by atoms with E-state index in [9.17, 15) is 14.5 Å². The van der Waals surface area contributed by atoms with Gasteiger partial charge in [0.2, 0.25) is 0 Å². The normalized spacial score (nSPS) is 13.3. The Morgan fingerprint density at radius 2 is 1.74 bits per heavy atom. The molecule has 0 spiro atoms. The molecule has 2 aromatic carbocycles. The van der Waals surface area contributed by atoms with E-state index < -0.39 is 13.5 Å². The van der Waals surface area contributed by atoms with Crippen molar-refractivity contribution in [3.8, 4) is 28.6 Å². The molecular weight excluding hydrogens is 505 g/mol. The summed E-state index contributed by atoms with van der Waals surface area (Å²) in [4.78, 5) is 12.8. The number of aryl methyl sites for hydroxylation is 2. The Balaban J connectivity index is 1.73. The first kappa shape index (κ1) is 28.1. The highest BCUT2D eigenvalue weighted by Crippen LogP contribution is 2.52. The van der Waals surface area contributed by atoms with Crippen molar-refractivity contribution in [3.05, 3.63) is 57.5 Å². The maximum absolute atomic E-state index is 13.5. The molecule has 1 aliphatic carbocycles. The minimum Gasteiger partial charge on any atom is -0.507 e. The third-order valence-corrected chi connectivity index (χ3v) is 8.13. The molecule has 0 saturated carbocycles. The number of phenols is 1. The number of rotatable bonds is 13. The number of unbranched alkanes of at least 4 members (excludes halogenated alkanes) is 2. The van der Waals surface area contributed by atoms with Crippen molar-refractivity contribution in [2.45, 2.75) is 78.6 Å². The predicted molar refractivity (Wildman–Crippen MR) is 147 cm³/mol. The van der Waals surface area contributed by atoms with E-state index in [4.69, 9.17) is 13.6 Å². The summed E-state index contributed by atoms with van der Waals surface area (Å²) >= 11 is 0. The minimum absolute atomic E-state index is 0.0665. The average Bonchev–Trinajstić information content (AvgIpc) is 3.50. The zero-order chi connectivity index (χ0) is 27.3. The molecule has 38 heavy (non-hydrogen) atoms. The second-order valence-electron chi connectivity index (χ2n) is 9.97. The molecule has 9 nitrogen and oxygen atoms in total. The molecule has 0 atom stereocenters. The van der Waals surface area contributed by atoms with Crippen LogP contribution in [-0.2, 0) is 26.5 Å². The number of nitrogens with one attached hydrogen (secondary N) is 1. The number of phosphoric acid groups is 1. The first-order valence-electron chi connectivity index (χ1n) is 13.5. The summed E-state index contributed by atoms with van der Waals surface area (Å²) < 4.78 is 32.0. The fourth-order valence-corrected chi connectivity index (χ4v) is 5.85. The van der Waals surface area contributed by atoms with Gasteiger partial charge in [0, 0.05) is 6.07 Å². The Morgan fingerprint density at radius 1 is 1.05 bits per heavy atom. The molecule has 0 fully saturated rings. The second kappa shape index (κ2) is 12.3. The highest BCUT2D eigenvalue weighted by atomic mass is 31.2. The van der Waals surface area contributed by atoms with Crippen molar-refractivity contribution in [3.63, 3.8) is 0 Å². The van der Waals surface area contributed by atoms with Gasteiger partial charge in [-0.1, -0.05) is 46.6 Å². The fraction of sp³-hybridized carbons (Fsp3) is 0.500. The standard InChI is InChI=1S/C28H38N3O6P/c1-5-7-14-35-38(34,36-15-8-6-2)37-26-18-25(32)24(17-23(26)19(3)4)27-29-30-28(33)31(27)22-13-12-20-10-9-11-21(20)16-22/h12-13,16-19,32H,5-11,14-15H2,1-4H3,(H,30,33). The zero-order valence-corrected chi connectivity index (χ0v) is 23.6. The molecule has 0 bridgehead atoms. The van der Waals surface area contributed by atoms with Crippen LogP contribution < -0.4 is 10.2 Å². The van der Waals surface area contributed by atoms with E-state index in [0.717, 1.165) is 32.1 Å². The maximum atomic E-state index is 13.5. The Morgan fingerprint density at radius 3 is 2.39 bits per heavy atom. The monoisotopic (exact) mass is 543 g/mol. The van der Waals surface area contributed by atoms with Crippen LogP contribution in [0.15, 0.2) is 35.1 Å². The largest absolute Gasteiger partial charge is 0.530 e. The van der Waals surface area contributed by atoms with E-state index in [1.807, 2.05) is 45.9 Å². The summed E-state index contributed by atoms with van der Waals surface area (Å²) in [6.07, 6.45) is 6.28. The summed E-state index contributed by atoms with van der Waals surface area (Å²) in [5.41, 5.74) is 3.83. The fourth-order valence-electron chi connectivity index (χ4n) is 4.56. The minimum atomic E-state index is -3.92. The van der Waals surface area contributed by atoms with Crippen molar-refractivity contribution >= 4 is 7.82 Å². The predicted octanol–water partition coefficient (Wildman–Crippen LogP) is 6.67. The summed E-state index contributed by atoms with van der Waals surface area (Å²) in [5.74, 6) is 0.252. The van der Waals surface area contributed by atoms with E-state index in [2.05, 4.69) is 10.2 Å². The van der Waals surface area contributed by atoms with Crippen LogP contribution in [-0.4, -0.2) is 33.1 Å². The number of aromatic nitrogens is 3. The van der Waals surface area contributed by atoms with Gasteiger partial charge in [0.05, 0.1) is 24.5 Å². The molecule has 2 N–H and O–H groups in total.